The van der Waals surface area contributed by atoms with E-state index in [1.807, 2.05) is 44.3 Å². The Morgan fingerprint density at radius 1 is 1.18 bits per heavy atom. The molecule has 2 aromatic carbocycles. The van der Waals surface area contributed by atoms with E-state index in [2.05, 4.69) is 28.7 Å². The first-order valence-electron chi connectivity index (χ1n) is 13.1. The number of carbonyl (C=O) groups is 1. The summed E-state index contributed by atoms with van der Waals surface area (Å²) >= 11 is 0. The number of likely N-dealkylation sites (N-methyl/N-ethyl adjacent to an activating group) is 1. The molecular weight excluding hydrogens is 552 g/mol. The third kappa shape index (κ3) is 4.98. The number of nitrogens with one attached hydrogen (secondary N) is 1. The highest BCUT2D eigenvalue weighted by Crippen LogP contribution is 2.46. The van der Waals surface area contributed by atoms with E-state index in [0.717, 1.165) is 22.4 Å². The molecule has 2 aliphatic heterocycles. The summed E-state index contributed by atoms with van der Waals surface area (Å²) in [4.78, 5) is 16.7. The fourth-order valence-corrected chi connectivity index (χ4v) is 6.73. The summed E-state index contributed by atoms with van der Waals surface area (Å²) in [7, 11) is 8.94. The Hall–Kier alpha value is -2.70. The highest BCUT2D eigenvalue weighted by Gasteiger charge is 2.58. The largest absolute Gasteiger partial charge is 0.465 e. The molecule has 0 aliphatic carbocycles. The Kier molecular flexibility index (Phi) is 7.88. The average Bonchev–Trinajstić information content (AvgIpc) is 3.46. The predicted molar refractivity (Wildman–Crippen MR) is 160 cm³/mol. The zero-order valence-electron chi connectivity index (χ0n) is 23.0. The van der Waals surface area contributed by atoms with Gasteiger partial charge in [-0.2, -0.15) is 5.10 Å². The molecule has 4 atom stereocenters. The molecule has 11 heteroatoms. The van der Waals surface area contributed by atoms with Crippen LogP contribution in [0.1, 0.15) is 36.8 Å². The van der Waals surface area contributed by atoms with Gasteiger partial charge in [0.25, 0.3) is 0 Å². The smallest absolute Gasteiger partial charge is 0.249 e. The van der Waals surface area contributed by atoms with Crippen molar-refractivity contribution in [2.75, 3.05) is 38.9 Å². The van der Waals surface area contributed by atoms with Crippen LogP contribution < -0.4 is 20.9 Å². The summed E-state index contributed by atoms with van der Waals surface area (Å²) in [6, 6.07) is 12.8. The van der Waals surface area contributed by atoms with Gasteiger partial charge in [-0.15, -0.1) is 18.5 Å². The number of methoxy groups -OCH3 is 1. The van der Waals surface area contributed by atoms with Crippen LogP contribution in [-0.4, -0.2) is 61.5 Å². The van der Waals surface area contributed by atoms with Crippen LogP contribution in [0.5, 0.6) is 0 Å². The van der Waals surface area contributed by atoms with Gasteiger partial charge in [0.2, 0.25) is 5.91 Å². The number of anilines is 1. The maximum atomic E-state index is 15.4. The van der Waals surface area contributed by atoms with Crippen molar-refractivity contribution in [2.24, 2.45) is 5.10 Å². The summed E-state index contributed by atoms with van der Waals surface area (Å²) < 4.78 is 41.0. The normalized spacial score (nSPS) is 22.2. The van der Waals surface area contributed by atoms with Gasteiger partial charge in [0, 0.05) is 38.2 Å². The number of carbonyl (C=O) groups excluding carboxylic acids is 1. The Bertz CT molecular complexity index is 1470. The van der Waals surface area contributed by atoms with E-state index in [0.29, 0.717) is 37.6 Å². The van der Waals surface area contributed by atoms with Gasteiger partial charge >= 0.3 is 0 Å². The summed E-state index contributed by atoms with van der Waals surface area (Å²) in [5.41, 5.74) is -0.940. The summed E-state index contributed by atoms with van der Waals surface area (Å²) in [6.07, 6.45) is 0.644. The lowest BCUT2D eigenvalue weighted by molar-refractivity contribution is -0.132. The van der Waals surface area contributed by atoms with Crippen LogP contribution in [0, 0.1) is 11.6 Å². The Labute approximate surface area is 237 Å². The van der Waals surface area contributed by atoms with Gasteiger partial charge in [-0.25, -0.2) is 13.8 Å². The van der Waals surface area contributed by atoms with Crippen molar-refractivity contribution in [3.8, 4) is 0 Å². The third-order valence-corrected chi connectivity index (χ3v) is 8.51. The van der Waals surface area contributed by atoms with Crippen molar-refractivity contribution in [1.29, 1.82) is 0 Å². The topological polar surface area (TPSA) is 70.3 Å². The molecule has 1 N–H and O–H groups in total. The highest BCUT2D eigenvalue weighted by atomic mass is 31.0. The van der Waals surface area contributed by atoms with Crippen molar-refractivity contribution < 1.29 is 22.7 Å². The van der Waals surface area contributed by atoms with Crippen LogP contribution in [-0.2, 0) is 16.0 Å². The predicted octanol–water partition coefficient (Wildman–Crippen LogP) is 3.33. The van der Waals surface area contributed by atoms with Crippen LogP contribution >= 0.6 is 18.5 Å². The summed E-state index contributed by atoms with van der Waals surface area (Å²) in [5, 5.41) is 11.6. The van der Waals surface area contributed by atoms with E-state index in [9.17, 15) is 9.18 Å². The quantitative estimate of drug-likeness (QED) is 0.411. The van der Waals surface area contributed by atoms with Crippen molar-refractivity contribution in [1.82, 2.24) is 10.2 Å². The number of ether oxygens (including phenoxy) is 1. The second kappa shape index (κ2) is 10.9. The lowest BCUT2D eigenvalue weighted by Crippen LogP contribution is -2.74. The lowest BCUT2D eigenvalue weighted by atomic mass is 9.77. The molecule has 5 rings (SSSR count). The summed E-state index contributed by atoms with van der Waals surface area (Å²) in [5.74, 6) is -1.38. The van der Waals surface area contributed by atoms with Gasteiger partial charge in [0.1, 0.15) is 23.2 Å². The number of amides is 1. The number of hydrogen-bond donors (Lipinski definition) is 1. The molecule has 1 amide bonds. The maximum absolute atomic E-state index is 15.4. The number of hydrogen-bond acceptors (Lipinski definition) is 6. The minimum absolute atomic E-state index is 0.102. The van der Waals surface area contributed by atoms with Crippen LogP contribution in [0.3, 0.4) is 0 Å². The molecule has 2 aliphatic rings. The van der Waals surface area contributed by atoms with Gasteiger partial charge in [0.15, 0.2) is 5.54 Å². The first-order chi connectivity index (χ1) is 19.0. The first kappa shape index (κ1) is 28.8. The van der Waals surface area contributed by atoms with Gasteiger partial charge in [0.05, 0.1) is 29.5 Å². The standard InChI is InChI=1S/C29H34F2N4O3P2/c1-5-18-7-11-23(38-18)25-26(20-9-6-17(30)12-21(20)31)33-35(22-10-8-19(39)13-24(22)40)28(25,2)27(36)32-29(16-37-4)14-34(3)15-29/h6-13,25H,5,14-16,39-40H2,1-4H3,(H,32,36). The Balaban J connectivity index is 1.71. The van der Waals surface area contributed by atoms with E-state index >= 15 is 4.39 Å². The second-order valence-electron chi connectivity index (χ2n) is 10.8. The summed E-state index contributed by atoms with van der Waals surface area (Å²) in [6.45, 7) is 5.33. The monoisotopic (exact) mass is 586 g/mol. The molecule has 1 fully saturated rings. The molecule has 40 heavy (non-hydrogen) atoms. The fraction of sp³-hybridized carbons (Fsp3) is 0.379. The van der Waals surface area contributed by atoms with Crippen molar-refractivity contribution in [2.45, 2.75) is 37.3 Å². The van der Waals surface area contributed by atoms with Crippen LogP contribution in [0.25, 0.3) is 0 Å². The molecule has 3 heterocycles. The number of halogens is 2. The van der Waals surface area contributed by atoms with Crippen LogP contribution in [0.4, 0.5) is 14.5 Å². The Morgan fingerprint density at radius 2 is 1.93 bits per heavy atom. The molecule has 1 saturated heterocycles. The minimum Gasteiger partial charge on any atom is -0.465 e. The first-order valence-corrected chi connectivity index (χ1v) is 14.2. The number of aryl methyl sites for hydroxylation is 1. The van der Waals surface area contributed by atoms with E-state index in [-0.39, 0.29) is 17.2 Å². The molecule has 1 aromatic heterocycles. The molecule has 0 bridgehead atoms. The number of rotatable bonds is 8. The molecule has 212 valence electrons. The molecular formula is C29H34F2N4O3P2. The number of furan rings is 1. The van der Waals surface area contributed by atoms with E-state index < -0.39 is 28.6 Å². The highest BCUT2D eigenvalue weighted by molar-refractivity contribution is 7.29. The van der Waals surface area contributed by atoms with Crippen LogP contribution in [0.15, 0.2) is 58.0 Å². The van der Waals surface area contributed by atoms with E-state index in [1.54, 1.807) is 19.0 Å². The third-order valence-electron chi connectivity index (χ3n) is 7.69. The zero-order chi connectivity index (χ0) is 28.8. The van der Waals surface area contributed by atoms with Gasteiger partial charge in [-0.1, -0.05) is 13.0 Å². The number of hydrazone groups is 1. The van der Waals surface area contributed by atoms with Crippen LogP contribution in [0.2, 0.25) is 0 Å². The minimum atomic E-state index is -1.39. The number of likely N-dealkylation sites (tertiary alicyclic amines) is 1. The lowest BCUT2D eigenvalue weighted by Gasteiger charge is -2.50. The molecule has 0 radical (unpaired) electrons. The SMILES string of the molecule is CCc1ccc(C2C(c3ccc(F)cc3F)=NN(c3ccc(P)cc3P)C2(C)C(=O)NC2(COC)CN(C)C2)o1. The molecule has 0 saturated carbocycles. The molecule has 4 unspecified atom stereocenters. The van der Waals surface area contributed by atoms with Gasteiger partial charge < -0.3 is 19.4 Å². The fourth-order valence-electron chi connectivity index (χ4n) is 5.85. The zero-order valence-corrected chi connectivity index (χ0v) is 25.3. The number of nitrogens with zero attached hydrogens (tertiary/aromatic N) is 3. The van der Waals surface area contributed by atoms with E-state index in [4.69, 9.17) is 14.3 Å². The van der Waals surface area contributed by atoms with Crippen molar-refractivity contribution in [3.05, 3.63) is 77.2 Å². The molecule has 7 nitrogen and oxygen atoms in total. The van der Waals surface area contributed by atoms with Gasteiger partial charge in [-0.05, 0) is 61.0 Å². The van der Waals surface area contributed by atoms with Gasteiger partial charge in [-0.3, -0.25) is 4.79 Å². The molecule has 0 spiro atoms. The Morgan fingerprint density at radius 3 is 2.52 bits per heavy atom. The second-order valence-corrected chi connectivity index (χ2v) is 12.1. The molecule has 3 aromatic rings. The van der Waals surface area contributed by atoms with Crippen molar-refractivity contribution in [3.63, 3.8) is 0 Å². The van der Waals surface area contributed by atoms with Crippen molar-refractivity contribution >= 4 is 46.4 Å². The maximum Gasteiger partial charge on any atom is 0.249 e. The number of benzene rings is 2. The van der Waals surface area contributed by atoms with E-state index in [1.165, 1.54) is 12.1 Å². The average molecular weight is 587 g/mol.